The summed E-state index contributed by atoms with van der Waals surface area (Å²) in [7, 11) is 3.90. The summed E-state index contributed by atoms with van der Waals surface area (Å²) in [6.07, 6.45) is -1.59. The molecule has 1 amide bonds. The van der Waals surface area contributed by atoms with Gasteiger partial charge in [-0.1, -0.05) is 12.1 Å². The summed E-state index contributed by atoms with van der Waals surface area (Å²) in [5.74, 6) is -1.77. The molecule has 0 aliphatic rings. The normalized spacial score (nSPS) is 12.2. The molecule has 0 aliphatic carbocycles. The van der Waals surface area contributed by atoms with Crippen LogP contribution in [0.1, 0.15) is 15.9 Å². The summed E-state index contributed by atoms with van der Waals surface area (Å²) >= 11 is 0. The molecule has 0 saturated carbocycles. The second-order valence-electron chi connectivity index (χ2n) is 4.50. The van der Waals surface area contributed by atoms with Crippen LogP contribution in [0.4, 0.5) is 0 Å². The van der Waals surface area contributed by atoms with Crippen LogP contribution >= 0.6 is 0 Å². The Bertz CT molecular complexity index is 442. The number of aliphatic hydroxyl groups excluding tert-OH is 1. The highest BCUT2D eigenvalue weighted by atomic mass is 16.4. The molecule has 1 atom stereocenters. The fraction of sp³-hybridized carbons (Fsp3) is 0.385. The number of nitrogens with one attached hydrogen (secondary N) is 1. The average molecular weight is 266 g/mol. The lowest BCUT2D eigenvalue weighted by Crippen LogP contribution is -2.36. The predicted octanol–water partition coefficient (Wildman–Crippen LogP) is -0.0765. The van der Waals surface area contributed by atoms with E-state index in [0.29, 0.717) is 5.56 Å². The van der Waals surface area contributed by atoms with Crippen LogP contribution < -0.4 is 5.32 Å². The SMILES string of the molecule is CN(C)Cc1ccc(C(=O)NCC(O)C(=O)O)cc1. The fourth-order valence-corrected chi connectivity index (χ4v) is 1.51. The van der Waals surface area contributed by atoms with Crippen LogP contribution in [-0.2, 0) is 11.3 Å². The maximum Gasteiger partial charge on any atom is 0.334 e. The molecular formula is C13H18N2O4. The molecule has 1 aromatic rings. The third-order valence-corrected chi connectivity index (χ3v) is 2.46. The van der Waals surface area contributed by atoms with E-state index < -0.39 is 18.0 Å². The van der Waals surface area contributed by atoms with Crippen molar-refractivity contribution in [1.29, 1.82) is 0 Å². The number of amides is 1. The second-order valence-corrected chi connectivity index (χ2v) is 4.50. The largest absolute Gasteiger partial charge is 0.479 e. The number of hydrogen-bond acceptors (Lipinski definition) is 4. The lowest BCUT2D eigenvalue weighted by molar-refractivity contribution is -0.146. The van der Waals surface area contributed by atoms with E-state index in [1.165, 1.54) is 0 Å². The summed E-state index contributed by atoms with van der Waals surface area (Å²) < 4.78 is 0. The lowest BCUT2D eigenvalue weighted by Gasteiger charge is -2.11. The van der Waals surface area contributed by atoms with E-state index in [9.17, 15) is 9.59 Å². The van der Waals surface area contributed by atoms with Crippen LogP contribution in [0.2, 0.25) is 0 Å². The van der Waals surface area contributed by atoms with Gasteiger partial charge in [0.05, 0.1) is 6.54 Å². The Morgan fingerprint density at radius 2 is 1.84 bits per heavy atom. The van der Waals surface area contributed by atoms with Gasteiger partial charge in [0.15, 0.2) is 6.10 Å². The van der Waals surface area contributed by atoms with Crippen LogP contribution in [0, 0.1) is 0 Å². The number of aliphatic carboxylic acids is 1. The quantitative estimate of drug-likeness (QED) is 0.670. The number of benzene rings is 1. The minimum Gasteiger partial charge on any atom is -0.479 e. The molecule has 1 aromatic carbocycles. The van der Waals surface area contributed by atoms with E-state index >= 15 is 0 Å². The Kier molecular flexibility index (Phi) is 5.47. The first-order valence-corrected chi connectivity index (χ1v) is 5.83. The molecule has 0 radical (unpaired) electrons. The smallest absolute Gasteiger partial charge is 0.334 e. The third kappa shape index (κ3) is 5.07. The Morgan fingerprint density at radius 1 is 1.26 bits per heavy atom. The van der Waals surface area contributed by atoms with Crippen molar-refractivity contribution in [3.8, 4) is 0 Å². The first-order chi connectivity index (χ1) is 8.90. The first kappa shape index (κ1) is 15.1. The van der Waals surface area contributed by atoms with Crippen molar-refractivity contribution in [2.24, 2.45) is 0 Å². The first-order valence-electron chi connectivity index (χ1n) is 5.83. The van der Waals surface area contributed by atoms with Crippen LogP contribution in [0.5, 0.6) is 0 Å². The monoisotopic (exact) mass is 266 g/mol. The topological polar surface area (TPSA) is 89.9 Å². The second kappa shape index (κ2) is 6.86. The molecular weight excluding hydrogens is 248 g/mol. The van der Waals surface area contributed by atoms with Crippen LogP contribution in [-0.4, -0.2) is 53.7 Å². The third-order valence-electron chi connectivity index (χ3n) is 2.46. The van der Waals surface area contributed by atoms with Gasteiger partial charge in [0, 0.05) is 12.1 Å². The molecule has 6 nitrogen and oxygen atoms in total. The van der Waals surface area contributed by atoms with Crippen LogP contribution in [0.25, 0.3) is 0 Å². The van der Waals surface area contributed by atoms with Gasteiger partial charge in [0.1, 0.15) is 0 Å². The van der Waals surface area contributed by atoms with E-state index in [1.807, 2.05) is 31.1 Å². The molecule has 1 unspecified atom stereocenters. The zero-order chi connectivity index (χ0) is 14.4. The summed E-state index contributed by atoms with van der Waals surface area (Å²) in [4.78, 5) is 24.1. The van der Waals surface area contributed by atoms with Crippen molar-refractivity contribution in [3.63, 3.8) is 0 Å². The van der Waals surface area contributed by atoms with Crippen molar-refractivity contribution in [1.82, 2.24) is 10.2 Å². The highest BCUT2D eigenvalue weighted by molar-refractivity contribution is 5.94. The van der Waals surface area contributed by atoms with Crippen molar-refractivity contribution >= 4 is 11.9 Å². The maximum atomic E-state index is 11.7. The van der Waals surface area contributed by atoms with E-state index in [-0.39, 0.29) is 6.54 Å². The van der Waals surface area contributed by atoms with E-state index in [0.717, 1.165) is 12.1 Å². The molecule has 1 rings (SSSR count). The van der Waals surface area contributed by atoms with Gasteiger partial charge in [-0.25, -0.2) is 4.79 Å². The summed E-state index contributed by atoms with van der Waals surface area (Å²) in [6, 6.07) is 7.01. The standard InChI is InChI=1S/C13H18N2O4/c1-15(2)8-9-3-5-10(6-4-9)12(17)14-7-11(16)13(18)19/h3-6,11,16H,7-8H2,1-2H3,(H,14,17)(H,18,19). The molecule has 0 bridgehead atoms. The van der Waals surface area contributed by atoms with Crippen molar-refractivity contribution in [2.45, 2.75) is 12.6 Å². The summed E-state index contributed by atoms with van der Waals surface area (Å²) in [5, 5.41) is 19.9. The average Bonchev–Trinajstić information content (AvgIpc) is 2.35. The molecule has 3 N–H and O–H groups in total. The minimum absolute atomic E-state index is 0.312. The molecule has 0 aromatic heterocycles. The molecule has 0 spiro atoms. The van der Waals surface area contributed by atoms with Crippen molar-refractivity contribution in [3.05, 3.63) is 35.4 Å². The van der Waals surface area contributed by atoms with E-state index in [1.54, 1.807) is 12.1 Å². The molecule has 0 fully saturated rings. The summed E-state index contributed by atoms with van der Waals surface area (Å²) in [6.45, 7) is 0.466. The van der Waals surface area contributed by atoms with Crippen molar-refractivity contribution in [2.75, 3.05) is 20.6 Å². The highest BCUT2D eigenvalue weighted by Gasteiger charge is 2.14. The Morgan fingerprint density at radius 3 is 2.32 bits per heavy atom. The van der Waals surface area contributed by atoms with Gasteiger partial charge in [0.25, 0.3) is 5.91 Å². The Hall–Kier alpha value is -1.92. The number of carbonyl (C=O) groups excluding carboxylic acids is 1. The number of carboxylic acid groups (broad SMARTS) is 1. The highest BCUT2D eigenvalue weighted by Crippen LogP contribution is 2.06. The fourth-order valence-electron chi connectivity index (χ4n) is 1.51. The van der Waals surface area contributed by atoms with Crippen molar-refractivity contribution < 1.29 is 19.8 Å². The Labute approximate surface area is 111 Å². The van der Waals surface area contributed by atoms with Gasteiger partial charge in [-0.15, -0.1) is 0 Å². The number of carboxylic acids is 1. The van der Waals surface area contributed by atoms with Gasteiger partial charge in [-0.05, 0) is 31.8 Å². The maximum absolute atomic E-state index is 11.7. The Balaban J connectivity index is 2.55. The number of carbonyl (C=O) groups is 2. The van der Waals surface area contributed by atoms with E-state index in [2.05, 4.69) is 5.32 Å². The molecule has 6 heteroatoms. The molecule has 0 heterocycles. The number of rotatable bonds is 6. The van der Waals surface area contributed by atoms with E-state index in [4.69, 9.17) is 10.2 Å². The zero-order valence-corrected chi connectivity index (χ0v) is 11.0. The summed E-state index contributed by atoms with van der Waals surface area (Å²) in [5.41, 5.74) is 1.51. The van der Waals surface area contributed by atoms with Crippen LogP contribution in [0.15, 0.2) is 24.3 Å². The van der Waals surface area contributed by atoms with Crippen LogP contribution in [0.3, 0.4) is 0 Å². The number of nitrogens with zero attached hydrogens (tertiary/aromatic N) is 1. The number of aliphatic hydroxyl groups is 1. The molecule has 0 aliphatic heterocycles. The van der Waals surface area contributed by atoms with Gasteiger partial charge >= 0.3 is 5.97 Å². The predicted molar refractivity (Wildman–Crippen MR) is 69.8 cm³/mol. The number of hydrogen-bond donors (Lipinski definition) is 3. The van der Waals surface area contributed by atoms with Gasteiger partial charge < -0.3 is 20.4 Å². The molecule has 104 valence electrons. The lowest BCUT2D eigenvalue weighted by atomic mass is 10.1. The van der Waals surface area contributed by atoms with Gasteiger partial charge in [0.2, 0.25) is 0 Å². The molecule has 0 saturated heterocycles. The minimum atomic E-state index is -1.59. The zero-order valence-electron chi connectivity index (χ0n) is 11.0. The van der Waals surface area contributed by atoms with Gasteiger partial charge in [-0.3, -0.25) is 4.79 Å². The molecule has 19 heavy (non-hydrogen) atoms. The van der Waals surface area contributed by atoms with Gasteiger partial charge in [-0.2, -0.15) is 0 Å².